The quantitative estimate of drug-likeness (QED) is 0.493. The molecule has 0 saturated carbocycles. The third-order valence-electron chi connectivity index (χ3n) is 1.60. The zero-order chi connectivity index (χ0) is 11.7. The Morgan fingerprint density at radius 2 is 1.53 bits per heavy atom. The van der Waals surface area contributed by atoms with Gasteiger partial charge in [-0.15, -0.1) is 0 Å². The van der Waals surface area contributed by atoms with E-state index in [1.165, 1.54) is 0 Å². The zero-order valence-electron chi connectivity index (χ0n) is 6.94. The van der Waals surface area contributed by atoms with E-state index in [0.29, 0.717) is 6.07 Å². The smallest absolute Gasteiger partial charge is 0.300 e. The summed E-state index contributed by atoms with van der Waals surface area (Å²) in [6.07, 6.45) is 0. The Morgan fingerprint density at radius 1 is 1.07 bits per heavy atom. The van der Waals surface area contributed by atoms with Crippen LogP contribution in [0.2, 0.25) is 10.0 Å². The van der Waals surface area contributed by atoms with Crippen molar-refractivity contribution >= 4 is 40.3 Å². The fourth-order valence-electron chi connectivity index (χ4n) is 0.898. The van der Waals surface area contributed by atoms with Gasteiger partial charge in [-0.2, -0.15) is 0 Å². The van der Waals surface area contributed by atoms with Crippen LogP contribution in [0.4, 0.5) is 17.1 Å². The van der Waals surface area contributed by atoms with Gasteiger partial charge in [-0.25, -0.2) is 0 Å². The highest BCUT2D eigenvalue weighted by Gasteiger charge is 2.26. The molecular formula is C6H3Cl2N3O4. The van der Waals surface area contributed by atoms with E-state index in [1.807, 2.05) is 0 Å². The molecule has 0 unspecified atom stereocenters. The molecule has 0 saturated heterocycles. The van der Waals surface area contributed by atoms with Crippen molar-refractivity contribution in [2.24, 2.45) is 0 Å². The zero-order valence-corrected chi connectivity index (χ0v) is 8.45. The van der Waals surface area contributed by atoms with E-state index in [0.717, 1.165) is 0 Å². The van der Waals surface area contributed by atoms with Gasteiger partial charge in [0, 0.05) is 0 Å². The van der Waals surface area contributed by atoms with Crippen LogP contribution in [0.1, 0.15) is 0 Å². The molecule has 1 aromatic rings. The van der Waals surface area contributed by atoms with E-state index >= 15 is 0 Å². The summed E-state index contributed by atoms with van der Waals surface area (Å²) in [6, 6.07) is 0.670. The van der Waals surface area contributed by atoms with Crippen molar-refractivity contribution < 1.29 is 9.85 Å². The number of hydrogen-bond acceptors (Lipinski definition) is 5. The summed E-state index contributed by atoms with van der Waals surface area (Å²) in [4.78, 5) is 19.2. The first-order chi connectivity index (χ1) is 6.86. The molecule has 0 amide bonds. The van der Waals surface area contributed by atoms with Gasteiger partial charge in [-0.3, -0.25) is 20.2 Å². The summed E-state index contributed by atoms with van der Waals surface area (Å²) < 4.78 is 0. The number of anilines is 1. The molecular weight excluding hydrogens is 249 g/mol. The third kappa shape index (κ3) is 1.92. The van der Waals surface area contributed by atoms with Crippen molar-refractivity contribution in [3.63, 3.8) is 0 Å². The van der Waals surface area contributed by atoms with Gasteiger partial charge in [0.25, 0.3) is 5.69 Å². The maximum Gasteiger partial charge on any atom is 0.300 e. The SMILES string of the molecule is Nc1c([N+](=O)[O-])cc([N+](=O)[O-])c(Cl)c1Cl. The summed E-state index contributed by atoms with van der Waals surface area (Å²) in [5.74, 6) is 0. The molecule has 0 spiro atoms. The molecule has 0 aliphatic rings. The molecule has 0 radical (unpaired) electrons. The Morgan fingerprint density at radius 3 is 1.93 bits per heavy atom. The van der Waals surface area contributed by atoms with Crippen LogP contribution in [-0.2, 0) is 0 Å². The van der Waals surface area contributed by atoms with Gasteiger partial charge in [0.15, 0.2) is 0 Å². The van der Waals surface area contributed by atoms with E-state index < -0.39 is 37.0 Å². The number of hydrogen-bond donors (Lipinski definition) is 1. The van der Waals surface area contributed by atoms with Crippen LogP contribution in [0.5, 0.6) is 0 Å². The molecule has 9 heteroatoms. The number of benzene rings is 1. The Hall–Kier alpha value is -1.60. The van der Waals surface area contributed by atoms with Gasteiger partial charge in [0.1, 0.15) is 10.7 Å². The first-order valence-electron chi connectivity index (χ1n) is 3.42. The second kappa shape index (κ2) is 3.87. The van der Waals surface area contributed by atoms with E-state index in [-0.39, 0.29) is 0 Å². The van der Waals surface area contributed by atoms with Crippen LogP contribution in [0.3, 0.4) is 0 Å². The molecule has 7 nitrogen and oxygen atoms in total. The minimum atomic E-state index is -0.874. The lowest BCUT2D eigenvalue weighted by molar-refractivity contribution is -0.393. The van der Waals surface area contributed by atoms with Gasteiger partial charge in [0.05, 0.1) is 20.9 Å². The fraction of sp³-hybridized carbons (Fsp3) is 0. The van der Waals surface area contributed by atoms with E-state index in [9.17, 15) is 20.2 Å². The van der Waals surface area contributed by atoms with Gasteiger partial charge < -0.3 is 5.73 Å². The molecule has 1 rings (SSSR count). The third-order valence-corrected chi connectivity index (χ3v) is 2.47. The summed E-state index contributed by atoms with van der Waals surface area (Å²) in [6.45, 7) is 0. The maximum absolute atomic E-state index is 10.5. The fourth-order valence-corrected chi connectivity index (χ4v) is 1.32. The molecule has 15 heavy (non-hydrogen) atoms. The normalized spacial score (nSPS) is 10.0. The lowest BCUT2D eigenvalue weighted by Gasteiger charge is -2.02. The van der Waals surface area contributed by atoms with Crippen molar-refractivity contribution in [1.82, 2.24) is 0 Å². The number of nitrogens with two attached hydrogens (primary N) is 1. The van der Waals surface area contributed by atoms with Crippen LogP contribution >= 0.6 is 23.2 Å². The Kier molecular flexibility index (Phi) is 2.96. The molecule has 1 aromatic carbocycles. The van der Waals surface area contributed by atoms with Gasteiger partial charge in [-0.05, 0) is 0 Å². The van der Waals surface area contributed by atoms with Gasteiger partial charge >= 0.3 is 5.69 Å². The van der Waals surface area contributed by atoms with Crippen molar-refractivity contribution in [3.05, 3.63) is 36.3 Å². The van der Waals surface area contributed by atoms with E-state index in [2.05, 4.69) is 0 Å². The monoisotopic (exact) mass is 251 g/mol. The highest BCUT2D eigenvalue weighted by molar-refractivity contribution is 6.45. The first-order valence-corrected chi connectivity index (χ1v) is 4.18. The molecule has 0 heterocycles. The lowest BCUT2D eigenvalue weighted by atomic mass is 10.2. The van der Waals surface area contributed by atoms with Gasteiger partial charge in [-0.1, -0.05) is 23.2 Å². The van der Waals surface area contributed by atoms with Crippen LogP contribution in [0.15, 0.2) is 6.07 Å². The minimum absolute atomic E-state index is 0.391. The predicted molar refractivity (Wildman–Crippen MR) is 54.2 cm³/mol. The van der Waals surface area contributed by atoms with Crippen molar-refractivity contribution in [3.8, 4) is 0 Å². The average molecular weight is 252 g/mol. The number of nitrogen functional groups attached to an aromatic ring is 1. The number of nitrogens with zero attached hydrogens (tertiary/aromatic N) is 2. The Labute approximate surface area is 92.7 Å². The van der Waals surface area contributed by atoms with E-state index in [1.54, 1.807) is 0 Å². The van der Waals surface area contributed by atoms with Gasteiger partial charge in [0.2, 0.25) is 0 Å². The Bertz CT molecular complexity index is 424. The maximum atomic E-state index is 10.5. The molecule has 0 aromatic heterocycles. The number of halogens is 2. The Balaban J connectivity index is 3.59. The largest absolute Gasteiger partial charge is 0.392 e. The van der Waals surface area contributed by atoms with Crippen LogP contribution in [0.25, 0.3) is 0 Å². The summed E-state index contributed by atoms with van der Waals surface area (Å²) in [7, 11) is 0. The van der Waals surface area contributed by atoms with E-state index in [4.69, 9.17) is 28.9 Å². The number of nitro benzene ring substituents is 2. The second-order valence-corrected chi connectivity index (χ2v) is 3.23. The molecule has 0 fully saturated rings. The van der Waals surface area contributed by atoms with Crippen molar-refractivity contribution in [2.75, 3.05) is 5.73 Å². The molecule has 2 N–H and O–H groups in total. The summed E-state index contributed by atoms with van der Waals surface area (Å²) >= 11 is 11.0. The molecule has 0 bridgehead atoms. The number of nitro groups is 2. The average Bonchev–Trinajstić information content (AvgIpc) is 2.13. The predicted octanol–water partition coefficient (Wildman–Crippen LogP) is 2.39. The summed E-state index contributed by atoms with van der Waals surface area (Å²) in [5, 5.41) is 20.1. The topological polar surface area (TPSA) is 112 Å². The van der Waals surface area contributed by atoms with Crippen LogP contribution < -0.4 is 5.73 Å². The molecule has 0 aliphatic heterocycles. The molecule has 0 aliphatic carbocycles. The molecule has 80 valence electrons. The molecule has 0 atom stereocenters. The second-order valence-electron chi connectivity index (χ2n) is 2.47. The van der Waals surface area contributed by atoms with Crippen molar-refractivity contribution in [1.29, 1.82) is 0 Å². The standard InChI is InChI=1S/C6H3Cl2N3O4/c7-4-2(10(12)13)1-3(11(14)15)6(9)5(4)8/h1H,9H2. The van der Waals surface area contributed by atoms with Crippen molar-refractivity contribution in [2.45, 2.75) is 0 Å². The lowest BCUT2D eigenvalue weighted by Crippen LogP contribution is -1.99. The number of rotatable bonds is 2. The highest BCUT2D eigenvalue weighted by Crippen LogP contribution is 2.41. The summed E-state index contributed by atoms with van der Waals surface area (Å²) in [5.41, 5.74) is 3.59. The van der Waals surface area contributed by atoms with Crippen LogP contribution in [0, 0.1) is 20.2 Å². The minimum Gasteiger partial charge on any atom is -0.392 e. The highest BCUT2D eigenvalue weighted by atomic mass is 35.5. The first kappa shape index (κ1) is 11.5. The van der Waals surface area contributed by atoms with Crippen LogP contribution in [-0.4, -0.2) is 9.85 Å².